The van der Waals surface area contributed by atoms with Gasteiger partial charge in [0.25, 0.3) is 0 Å². The molecule has 1 heterocycles. The van der Waals surface area contributed by atoms with E-state index in [1.165, 1.54) is 51.4 Å². The van der Waals surface area contributed by atoms with Crippen molar-refractivity contribution in [1.82, 2.24) is 0 Å². The molecule has 4 aliphatic carbocycles. The fourth-order valence-corrected chi connectivity index (χ4v) is 10.5. The van der Waals surface area contributed by atoms with E-state index >= 15 is 0 Å². The zero-order valence-corrected chi connectivity index (χ0v) is 26.6. The summed E-state index contributed by atoms with van der Waals surface area (Å²) in [6.07, 6.45) is 20.0. The van der Waals surface area contributed by atoms with E-state index in [2.05, 4.69) is 46.4 Å². The van der Waals surface area contributed by atoms with E-state index in [1.807, 2.05) is 13.8 Å². The van der Waals surface area contributed by atoms with Crippen molar-refractivity contribution < 1.29 is 19.7 Å². The monoisotopic (exact) mass is 556 g/mol. The maximum absolute atomic E-state index is 10.1. The lowest BCUT2D eigenvalue weighted by molar-refractivity contribution is -0.245. The van der Waals surface area contributed by atoms with Gasteiger partial charge >= 0.3 is 0 Å². The molecule has 228 valence electrons. The fourth-order valence-electron chi connectivity index (χ4n) is 10.5. The van der Waals surface area contributed by atoms with Crippen molar-refractivity contribution in [2.24, 2.45) is 45.8 Å². The summed E-state index contributed by atoms with van der Waals surface area (Å²) in [7, 11) is 0. The molecule has 1 saturated heterocycles. The topological polar surface area (TPSA) is 58.9 Å². The van der Waals surface area contributed by atoms with Crippen LogP contribution in [0.1, 0.15) is 125 Å². The fraction of sp³-hybridized carbons (Fsp3) is 0.889. The second-order valence-corrected chi connectivity index (χ2v) is 16.1. The Morgan fingerprint density at radius 3 is 2.50 bits per heavy atom. The average Bonchev–Trinajstić information content (AvgIpc) is 3.23. The van der Waals surface area contributed by atoms with Crippen molar-refractivity contribution >= 4 is 0 Å². The molecule has 0 aromatic carbocycles. The van der Waals surface area contributed by atoms with Crippen molar-refractivity contribution in [1.29, 1.82) is 0 Å². The maximum Gasteiger partial charge on any atom is 0.158 e. The number of allylic oxidation sites excluding steroid dienone is 1. The molecule has 4 unspecified atom stereocenters. The van der Waals surface area contributed by atoms with Gasteiger partial charge in [0.15, 0.2) is 6.29 Å². The SMILES string of the molecule is C=C[C@@]1(C)C2=CCC3C4CCC(CCCCC(C)(C)O)[C@@]4(C)CC[C@@]3(C)C2CC[C@@H]1O[C@H]1C[C@@H](C)C[C@@H](CO)O1. The molecule has 40 heavy (non-hydrogen) atoms. The molecule has 0 radical (unpaired) electrons. The first-order valence-corrected chi connectivity index (χ1v) is 16.8. The van der Waals surface area contributed by atoms with Gasteiger partial charge in [-0.05, 0) is 125 Å². The summed E-state index contributed by atoms with van der Waals surface area (Å²) in [6.45, 7) is 18.2. The lowest BCUT2D eigenvalue weighted by atomic mass is 9.43. The van der Waals surface area contributed by atoms with Crippen molar-refractivity contribution in [3.63, 3.8) is 0 Å². The largest absolute Gasteiger partial charge is 0.394 e. The normalized spacial score (nSPS) is 47.1. The minimum absolute atomic E-state index is 0.0718. The van der Waals surface area contributed by atoms with Crippen LogP contribution in [0.15, 0.2) is 24.3 Å². The van der Waals surface area contributed by atoms with Gasteiger partial charge in [0.2, 0.25) is 0 Å². The molecule has 4 heteroatoms. The highest BCUT2D eigenvalue weighted by atomic mass is 16.7. The van der Waals surface area contributed by atoms with Gasteiger partial charge in [0.1, 0.15) is 0 Å². The lowest BCUT2D eigenvalue weighted by Crippen LogP contribution is -2.55. The molecule has 5 aliphatic rings. The Bertz CT molecular complexity index is 936. The second-order valence-electron chi connectivity index (χ2n) is 16.1. The van der Waals surface area contributed by atoms with E-state index < -0.39 is 5.60 Å². The zero-order chi connectivity index (χ0) is 28.9. The molecular weight excluding hydrogens is 496 g/mol. The molecule has 0 amide bonds. The van der Waals surface area contributed by atoms with E-state index in [4.69, 9.17) is 9.47 Å². The number of aliphatic hydroxyl groups excluding tert-OH is 1. The van der Waals surface area contributed by atoms with Gasteiger partial charge in [0, 0.05) is 11.8 Å². The molecule has 0 aromatic heterocycles. The molecule has 3 saturated carbocycles. The average molecular weight is 557 g/mol. The molecule has 0 spiro atoms. The minimum atomic E-state index is -0.533. The summed E-state index contributed by atoms with van der Waals surface area (Å²) < 4.78 is 12.9. The van der Waals surface area contributed by atoms with Gasteiger partial charge in [-0.15, -0.1) is 6.58 Å². The Kier molecular flexibility index (Phi) is 8.80. The van der Waals surface area contributed by atoms with Gasteiger partial charge in [-0.2, -0.15) is 0 Å². The van der Waals surface area contributed by atoms with Gasteiger partial charge in [0.05, 0.1) is 24.4 Å². The van der Waals surface area contributed by atoms with Crippen molar-refractivity contribution in [3.8, 4) is 0 Å². The molecule has 2 N–H and O–H groups in total. The number of fused-ring (bicyclic) bond motifs is 5. The first-order valence-electron chi connectivity index (χ1n) is 16.8. The lowest BCUT2D eigenvalue weighted by Gasteiger charge is -2.62. The van der Waals surface area contributed by atoms with Crippen molar-refractivity contribution in [2.45, 2.75) is 149 Å². The summed E-state index contributed by atoms with van der Waals surface area (Å²) in [6, 6.07) is 0. The molecule has 0 aromatic rings. The Hall–Kier alpha value is -0.680. The van der Waals surface area contributed by atoms with Crippen LogP contribution < -0.4 is 0 Å². The van der Waals surface area contributed by atoms with E-state index in [9.17, 15) is 10.2 Å². The molecule has 5 rings (SSSR count). The summed E-state index contributed by atoms with van der Waals surface area (Å²) >= 11 is 0. The third kappa shape index (κ3) is 5.53. The van der Waals surface area contributed by atoms with Crippen LogP contribution in [0.5, 0.6) is 0 Å². The number of unbranched alkanes of at least 4 members (excludes halogenated alkanes) is 1. The minimum Gasteiger partial charge on any atom is -0.394 e. The predicted octanol–water partition coefficient (Wildman–Crippen LogP) is 8.22. The van der Waals surface area contributed by atoms with E-state index in [0.29, 0.717) is 22.7 Å². The highest BCUT2D eigenvalue weighted by molar-refractivity contribution is 5.33. The first kappa shape index (κ1) is 30.8. The van der Waals surface area contributed by atoms with E-state index in [0.717, 1.165) is 49.9 Å². The van der Waals surface area contributed by atoms with E-state index in [1.54, 1.807) is 5.57 Å². The van der Waals surface area contributed by atoms with Crippen molar-refractivity contribution in [2.75, 3.05) is 6.61 Å². The van der Waals surface area contributed by atoms with Crippen LogP contribution in [0.3, 0.4) is 0 Å². The maximum atomic E-state index is 10.1. The quantitative estimate of drug-likeness (QED) is 0.222. The highest BCUT2D eigenvalue weighted by Gasteiger charge is 2.62. The Balaban J connectivity index is 1.30. The standard InChI is InChI=1S/C36H60O4/c1-8-34(5)27-14-15-29-28-13-12-25(11-9-10-18-33(3,4)38)35(28,6)19-20-36(29,7)30(27)16-17-31(34)40-32-22-24(2)21-26(23-37)39-32/h8,14,24-26,28-32,37-38H,1,9-13,15-23H2,2-7H3/t24-,25?,26-,28?,29?,30?,31-,32-,34-,35+,36+/m0/s1. The van der Waals surface area contributed by atoms with Gasteiger partial charge in [-0.3, -0.25) is 0 Å². The summed E-state index contributed by atoms with van der Waals surface area (Å²) in [5.41, 5.74) is 1.72. The molecule has 4 nitrogen and oxygen atoms in total. The third-order valence-electron chi connectivity index (χ3n) is 13.1. The Morgan fingerprint density at radius 1 is 1.05 bits per heavy atom. The third-order valence-corrected chi connectivity index (χ3v) is 13.1. The predicted molar refractivity (Wildman–Crippen MR) is 163 cm³/mol. The Labute approximate surface area is 245 Å². The van der Waals surface area contributed by atoms with Crippen LogP contribution in [0.25, 0.3) is 0 Å². The number of hydrogen-bond donors (Lipinski definition) is 2. The van der Waals surface area contributed by atoms with Gasteiger partial charge in [-0.25, -0.2) is 0 Å². The molecule has 0 bridgehead atoms. The number of rotatable bonds is 9. The smallest absolute Gasteiger partial charge is 0.158 e. The second kappa shape index (κ2) is 11.4. The van der Waals surface area contributed by atoms with Crippen LogP contribution in [-0.2, 0) is 9.47 Å². The highest BCUT2D eigenvalue weighted by Crippen LogP contribution is 2.69. The zero-order valence-electron chi connectivity index (χ0n) is 26.6. The molecule has 1 aliphatic heterocycles. The van der Waals surface area contributed by atoms with E-state index in [-0.39, 0.29) is 30.5 Å². The van der Waals surface area contributed by atoms with Crippen LogP contribution in [-0.4, -0.2) is 40.9 Å². The number of aliphatic hydroxyl groups is 2. The summed E-state index contributed by atoms with van der Waals surface area (Å²) in [5, 5.41) is 19.9. The van der Waals surface area contributed by atoms with Crippen LogP contribution >= 0.6 is 0 Å². The van der Waals surface area contributed by atoms with Crippen LogP contribution in [0.4, 0.5) is 0 Å². The number of hydrogen-bond acceptors (Lipinski definition) is 4. The van der Waals surface area contributed by atoms with Crippen LogP contribution in [0.2, 0.25) is 0 Å². The Morgan fingerprint density at radius 2 is 1.80 bits per heavy atom. The van der Waals surface area contributed by atoms with Gasteiger partial charge < -0.3 is 19.7 Å². The molecule has 4 fully saturated rings. The first-order chi connectivity index (χ1) is 18.8. The van der Waals surface area contributed by atoms with Gasteiger partial charge in [-0.1, -0.05) is 51.3 Å². The summed E-state index contributed by atoms with van der Waals surface area (Å²) in [4.78, 5) is 0. The summed E-state index contributed by atoms with van der Waals surface area (Å²) in [5.74, 6) is 3.57. The number of ether oxygens (including phenoxy) is 2. The van der Waals surface area contributed by atoms with Crippen molar-refractivity contribution in [3.05, 3.63) is 24.3 Å². The molecule has 11 atom stereocenters. The molecular formula is C36H60O4. The van der Waals surface area contributed by atoms with Crippen LogP contribution in [0, 0.1) is 45.8 Å².